The highest BCUT2D eigenvalue weighted by atomic mass is 16.5. The van der Waals surface area contributed by atoms with Crippen LogP contribution in [0.15, 0.2) is 24.3 Å². The van der Waals surface area contributed by atoms with Gasteiger partial charge >= 0.3 is 0 Å². The maximum absolute atomic E-state index is 9.77. The van der Waals surface area contributed by atoms with Gasteiger partial charge in [0.2, 0.25) is 0 Å². The van der Waals surface area contributed by atoms with Crippen molar-refractivity contribution in [3.05, 3.63) is 29.8 Å². The molecule has 1 rings (SSSR count). The summed E-state index contributed by atoms with van der Waals surface area (Å²) in [4.78, 5) is 0. The van der Waals surface area contributed by atoms with Gasteiger partial charge in [-0.1, -0.05) is 60.6 Å². The van der Waals surface area contributed by atoms with Crippen LogP contribution >= 0.6 is 0 Å². The molecule has 21 heavy (non-hydrogen) atoms. The second-order valence-electron chi connectivity index (χ2n) is 8.27. The van der Waals surface area contributed by atoms with Gasteiger partial charge in [0.25, 0.3) is 0 Å². The molecule has 0 fully saturated rings. The SMILES string of the molecule is CC(C)C(O)COc1ccc(C(C)(C)CC(C)(C)C)cc1. The summed E-state index contributed by atoms with van der Waals surface area (Å²) in [5.41, 5.74) is 1.78. The Balaban J connectivity index is 2.69. The number of hydrogen-bond donors (Lipinski definition) is 1. The van der Waals surface area contributed by atoms with Crippen molar-refractivity contribution in [2.24, 2.45) is 11.3 Å². The fourth-order valence-electron chi connectivity index (χ4n) is 2.80. The molecule has 0 aliphatic rings. The van der Waals surface area contributed by atoms with E-state index in [1.807, 2.05) is 26.0 Å². The summed E-state index contributed by atoms with van der Waals surface area (Å²) in [6, 6.07) is 8.30. The van der Waals surface area contributed by atoms with E-state index >= 15 is 0 Å². The fourth-order valence-corrected chi connectivity index (χ4v) is 2.80. The van der Waals surface area contributed by atoms with Crippen molar-refractivity contribution in [2.75, 3.05) is 6.61 Å². The summed E-state index contributed by atoms with van der Waals surface area (Å²) in [6.45, 7) is 15.7. The van der Waals surface area contributed by atoms with E-state index < -0.39 is 6.10 Å². The van der Waals surface area contributed by atoms with Gasteiger partial charge in [-0.05, 0) is 40.9 Å². The van der Waals surface area contributed by atoms with Crippen molar-refractivity contribution in [3.8, 4) is 5.75 Å². The lowest BCUT2D eigenvalue weighted by Crippen LogP contribution is -2.25. The predicted octanol–water partition coefficient (Wildman–Crippen LogP) is 4.80. The van der Waals surface area contributed by atoms with Gasteiger partial charge in [0, 0.05) is 0 Å². The predicted molar refractivity (Wildman–Crippen MR) is 89.9 cm³/mol. The molecule has 120 valence electrons. The van der Waals surface area contributed by atoms with E-state index in [0.717, 1.165) is 12.2 Å². The fraction of sp³-hybridized carbons (Fsp3) is 0.684. The quantitative estimate of drug-likeness (QED) is 0.816. The monoisotopic (exact) mass is 292 g/mol. The molecular formula is C19H32O2. The molecule has 0 radical (unpaired) electrons. The van der Waals surface area contributed by atoms with Crippen LogP contribution in [0.3, 0.4) is 0 Å². The minimum Gasteiger partial charge on any atom is -0.491 e. The topological polar surface area (TPSA) is 29.5 Å². The van der Waals surface area contributed by atoms with Crippen molar-refractivity contribution < 1.29 is 9.84 Å². The van der Waals surface area contributed by atoms with Gasteiger partial charge in [-0.3, -0.25) is 0 Å². The Morgan fingerprint density at radius 2 is 1.52 bits per heavy atom. The molecule has 0 bridgehead atoms. The highest BCUT2D eigenvalue weighted by molar-refractivity contribution is 5.31. The van der Waals surface area contributed by atoms with Crippen LogP contribution in [0.5, 0.6) is 5.75 Å². The lowest BCUT2D eigenvalue weighted by Gasteiger charge is -2.33. The molecule has 0 amide bonds. The smallest absolute Gasteiger partial charge is 0.119 e. The van der Waals surface area contributed by atoms with Crippen LogP contribution in [-0.2, 0) is 5.41 Å². The summed E-state index contributed by atoms with van der Waals surface area (Å²) in [6.07, 6.45) is 0.716. The van der Waals surface area contributed by atoms with E-state index in [1.165, 1.54) is 5.56 Å². The summed E-state index contributed by atoms with van der Waals surface area (Å²) < 4.78 is 5.65. The van der Waals surface area contributed by atoms with Crippen LogP contribution in [0.25, 0.3) is 0 Å². The highest BCUT2D eigenvalue weighted by Crippen LogP contribution is 2.36. The molecule has 1 N–H and O–H groups in total. The Morgan fingerprint density at radius 3 is 1.95 bits per heavy atom. The highest BCUT2D eigenvalue weighted by Gasteiger charge is 2.27. The third kappa shape index (κ3) is 6.09. The van der Waals surface area contributed by atoms with Crippen LogP contribution in [0, 0.1) is 11.3 Å². The maximum Gasteiger partial charge on any atom is 0.119 e. The van der Waals surface area contributed by atoms with Gasteiger partial charge in [0.1, 0.15) is 12.4 Å². The summed E-state index contributed by atoms with van der Waals surface area (Å²) in [5, 5.41) is 9.77. The molecule has 1 aromatic carbocycles. The third-order valence-corrected chi connectivity index (χ3v) is 3.80. The second-order valence-corrected chi connectivity index (χ2v) is 8.27. The molecule has 1 atom stereocenters. The molecule has 2 nitrogen and oxygen atoms in total. The van der Waals surface area contributed by atoms with Gasteiger partial charge in [-0.2, -0.15) is 0 Å². The lowest BCUT2D eigenvalue weighted by atomic mass is 9.72. The maximum atomic E-state index is 9.77. The van der Waals surface area contributed by atoms with E-state index in [1.54, 1.807) is 0 Å². The minimum atomic E-state index is -0.415. The Kier molecular flexibility index (Phi) is 5.86. The first-order valence-corrected chi connectivity index (χ1v) is 7.93. The zero-order valence-electron chi connectivity index (χ0n) is 14.7. The number of benzene rings is 1. The molecule has 0 spiro atoms. The molecule has 0 aliphatic carbocycles. The molecule has 0 saturated heterocycles. The van der Waals surface area contributed by atoms with E-state index in [9.17, 15) is 5.11 Å². The summed E-state index contributed by atoms with van der Waals surface area (Å²) in [5.74, 6) is 1.04. The number of ether oxygens (including phenoxy) is 1. The summed E-state index contributed by atoms with van der Waals surface area (Å²) >= 11 is 0. The van der Waals surface area contributed by atoms with Crippen molar-refractivity contribution in [1.29, 1.82) is 0 Å². The molecule has 0 aromatic heterocycles. The summed E-state index contributed by atoms with van der Waals surface area (Å²) in [7, 11) is 0. The van der Waals surface area contributed by atoms with Crippen molar-refractivity contribution in [3.63, 3.8) is 0 Å². The van der Waals surface area contributed by atoms with E-state index in [-0.39, 0.29) is 11.3 Å². The van der Waals surface area contributed by atoms with Gasteiger partial charge < -0.3 is 9.84 Å². The molecular weight excluding hydrogens is 260 g/mol. The molecule has 0 heterocycles. The number of aliphatic hydroxyl groups is 1. The van der Waals surface area contributed by atoms with E-state index in [0.29, 0.717) is 12.0 Å². The van der Waals surface area contributed by atoms with Gasteiger partial charge in [0.05, 0.1) is 6.10 Å². The Hall–Kier alpha value is -1.02. The largest absolute Gasteiger partial charge is 0.491 e. The van der Waals surface area contributed by atoms with Gasteiger partial charge in [-0.15, -0.1) is 0 Å². The van der Waals surface area contributed by atoms with E-state index in [4.69, 9.17) is 4.74 Å². The minimum absolute atomic E-state index is 0.147. The van der Waals surface area contributed by atoms with Crippen LogP contribution in [0.1, 0.15) is 60.5 Å². The average Bonchev–Trinajstić information content (AvgIpc) is 2.33. The van der Waals surface area contributed by atoms with Gasteiger partial charge in [-0.25, -0.2) is 0 Å². The average molecular weight is 292 g/mol. The Bertz CT molecular complexity index is 424. The van der Waals surface area contributed by atoms with E-state index in [2.05, 4.69) is 46.8 Å². The molecule has 1 aromatic rings. The van der Waals surface area contributed by atoms with Crippen LogP contribution in [0.2, 0.25) is 0 Å². The first kappa shape index (κ1) is 18.0. The van der Waals surface area contributed by atoms with Crippen molar-refractivity contribution >= 4 is 0 Å². The number of aliphatic hydroxyl groups excluding tert-OH is 1. The Labute approximate surface area is 130 Å². The van der Waals surface area contributed by atoms with Gasteiger partial charge in [0.15, 0.2) is 0 Å². The first-order chi connectivity index (χ1) is 9.51. The number of rotatable bonds is 6. The molecule has 1 unspecified atom stereocenters. The van der Waals surface area contributed by atoms with Crippen LogP contribution < -0.4 is 4.74 Å². The normalized spacial score (nSPS) is 14.3. The van der Waals surface area contributed by atoms with Crippen LogP contribution in [0.4, 0.5) is 0 Å². The Morgan fingerprint density at radius 1 is 1.00 bits per heavy atom. The van der Waals surface area contributed by atoms with Crippen molar-refractivity contribution in [2.45, 2.75) is 66.4 Å². The lowest BCUT2D eigenvalue weighted by molar-refractivity contribution is 0.0701. The zero-order valence-corrected chi connectivity index (χ0v) is 14.7. The zero-order chi connectivity index (χ0) is 16.3. The molecule has 0 saturated carbocycles. The third-order valence-electron chi connectivity index (χ3n) is 3.80. The second kappa shape index (κ2) is 6.83. The molecule has 0 aliphatic heterocycles. The first-order valence-electron chi connectivity index (χ1n) is 7.93. The van der Waals surface area contributed by atoms with Crippen LogP contribution in [-0.4, -0.2) is 17.8 Å². The standard InChI is InChI=1S/C19H32O2/c1-14(2)17(20)12-21-16-10-8-15(9-11-16)19(6,7)13-18(3,4)5/h8-11,14,17,20H,12-13H2,1-7H3. The van der Waals surface area contributed by atoms with Crippen molar-refractivity contribution in [1.82, 2.24) is 0 Å². The number of hydrogen-bond acceptors (Lipinski definition) is 2. The molecule has 2 heteroatoms.